The van der Waals surface area contributed by atoms with Crippen LogP contribution in [0.2, 0.25) is 0 Å². The first-order valence-corrected chi connectivity index (χ1v) is 7.11. The molecule has 1 aromatic carbocycles. The van der Waals surface area contributed by atoms with E-state index in [9.17, 15) is 9.90 Å². The molecule has 3 nitrogen and oxygen atoms in total. The van der Waals surface area contributed by atoms with Gasteiger partial charge in [0, 0.05) is 12.4 Å². The summed E-state index contributed by atoms with van der Waals surface area (Å²) >= 11 is 0. The van der Waals surface area contributed by atoms with Crippen molar-refractivity contribution in [1.82, 2.24) is 4.98 Å². The van der Waals surface area contributed by atoms with Gasteiger partial charge in [-0.15, -0.1) is 0 Å². The molecule has 21 heavy (non-hydrogen) atoms. The lowest BCUT2D eigenvalue weighted by Gasteiger charge is -2.11. The summed E-state index contributed by atoms with van der Waals surface area (Å²) in [5.74, 6) is -1.17. The van der Waals surface area contributed by atoms with E-state index >= 15 is 0 Å². The van der Waals surface area contributed by atoms with Gasteiger partial charge < -0.3 is 5.11 Å². The minimum absolute atomic E-state index is 0.419. The maximum Gasteiger partial charge on any atom is 0.310 e. The van der Waals surface area contributed by atoms with Crippen LogP contribution in [0.4, 0.5) is 0 Å². The van der Waals surface area contributed by atoms with Gasteiger partial charge in [-0.3, -0.25) is 9.78 Å². The number of aromatic nitrogens is 1. The molecular weight excluding hydrogens is 262 g/mol. The van der Waals surface area contributed by atoms with Gasteiger partial charge in [0.2, 0.25) is 0 Å². The van der Waals surface area contributed by atoms with Crippen molar-refractivity contribution in [3.8, 4) is 0 Å². The summed E-state index contributed by atoms with van der Waals surface area (Å²) in [6.07, 6.45) is 10.0. The third-order valence-corrected chi connectivity index (χ3v) is 3.36. The van der Waals surface area contributed by atoms with Crippen molar-refractivity contribution >= 4 is 12.0 Å². The smallest absolute Gasteiger partial charge is 0.310 e. The largest absolute Gasteiger partial charge is 0.481 e. The molecule has 108 valence electrons. The van der Waals surface area contributed by atoms with Crippen LogP contribution < -0.4 is 0 Å². The number of carbonyl (C=O) groups is 1. The predicted octanol–water partition coefficient (Wildman–Crippen LogP) is 4.13. The van der Waals surface area contributed by atoms with Gasteiger partial charge in [-0.05, 0) is 36.5 Å². The molecule has 1 aromatic heterocycles. The summed E-state index contributed by atoms with van der Waals surface area (Å²) in [5, 5.41) is 9.33. The molecule has 0 saturated heterocycles. The number of nitrogens with zero attached hydrogens (tertiary/aromatic N) is 1. The van der Waals surface area contributed by atoms with E-state index in [1.807, 2.05) is 48.5 Å². The summed E-state index contributed by atoms with van der Waals surface area (Å²) in [6.45, 7) is 0. The zero-order valence-electron chi connectivity index (χ0n) is 11.9. The Morgan fingerprint density at radius 2 is 2.00 bits per heavy atom. The van der Waals surface area contributed by atoms with Gasteiger partial charge in [-0.25, -0.2) is 0 Å². The molecule has 0 fully saturated rings. The fourth-order valence-corrected chi connectivity index (χ4v) is 2.25. The van der Waals surface area contributed by atoms with Crippen molar-refractivity contribution < 1.29 is 9.90 Å². The number of aliphatic carboxylic acids is 1. The average Bonchev–Trinajstić information content (AvgIpc) is 2.52. The number of benzene rings is 1. The van der Waals surface area contributed by atoms with E-state index in [0.29, 0.717) is 6.42 Å². The Hall–Kier alpha value is -2.42. The van der Waals surface area contributed by atoms with Crippen LogP contribution >= 0.6 is 0 Å². The van der Waals surface area contributed by atoms with Crippen molar-refractivity contribution in [1.29, 1.82) is 0 Å². The van der Waals surface area contributed by atoms with Crippen molar-refractivity contribution in [2.45, 2.75) is 25.2 Å². The summed E-state index contributed by atoms with van der Waals surface area (Å²) in [6, 6.07) is 13.3. The minimum Gasteiger partial charge on any atom is -0.481 e. The second-order valence-electron chi connectivity index (χ2n) is 4.92. The van der Waals surface area contributed by atoms with Gasteiger partial charge in [-0.2, -0.15) is 0 Å². The highest BCUT2D eigenvalue weighted by molar-refractivity contribution is 5.75. The van der Waals surface area contributed by atoms with Crippen LogP contribution in [0.15, 0.2) is 60.9 Å². The summed E-state index contributed by atoms with van der Waals surface area (Å²) in [7, 11) is 0. The lowest BCUT2D eigenvalue weighted by Crippen LogP contribution is -2.11. The Labute approximate surface area is 125 Å². The second kappa shape index (κ2) is 8.00. The summed E-state index contributed by atoms with van der Waals surface area (Å²) < 4.78 is 0. The van der Waals surface area contributed by atoms with E-state index in [1.54, 1.807) is 12.4 Å². The van der Waals surface area contributed by atoms with Crippen LogP contribution in [0.5, 0.6) is 0 Å². The van der Waals surface area contributed by atoms with Gasteiger partial charge >= 0.3 is 5.97 Å². The van der Waals surface area contributed by atoms with Gasteiger partial charge in [0.05, 0.1) is 5.92 Å². The minimum atomic E-state index is -0.752. The third-order valence-electron chi connectivity index (χ3n) is 3.36. The van der Waals surface area contributed by atoms with E-state index in [1.165, 1.54) is 0 Å². The molecular formula is C18H19NO2. The Morgan fingerprint density at radius 1 is 1.19 bits per heavy atom. The van der Waals surface area contributed by atoms with Crippen LogP contribution in [0.3, 0.4) is 0 Å². The second-order valence-corrected chi connectivity index (χ2v) is 4.92. The SMILES string of the molecule is O=C(O)C(CCCC=Cc1cccnc1)c1ccccc1. The molecule has 0 aliphatic rings. The quantitative estimate of drug-likeness (QED) is 0.776. The maximum absolute atomic E-state index is 11.4. The van der Waals surface area contributed by atoms with Crippen LogP contribution in [0, 0.1) is 0 Å². The Morgan fingerprint density at radius 3 is 2.67 bits per heavy atom. The van der Waals surface area contributed by atoms with Crippen molar-refractivity contribution in [3.63, 3.8) is 0 Å². The molecule has 0 radical (unpaired) electrons. The van der Waals surface area contributed by atoms with Crippen LogP contribution in [0.25, 0.3) is 6.08 Å². The molecule has 0 bridgehead atoms. The molecule has 1 heterocycles. The highest BCUT2D eigenvalue weighted by Gasteiger charge is 2.18. The third kappa shape index (κ3) is 4.88. The number of carboxylic acid groups (broad SMARTS) is 1. The fourth-order valence-electron chi connectivity index (χ4n) is 2.25. The first-order valence-electron chi connectivity index (χ1n) is 7.11. The molecule has 2 rings (SSSR count). The van der Waals surface area contributed by atoms with E-state index < -0.39 is 11.9 Å². The number of unbranched alkanes of at least 4 members (excludes halogenated alkanes) is 1. The van der Waals surface area contributed by atoms with Crippen molar-refractivity contribution in [3.05, 3.63) is 72.1 Å². The zero-order valence-corrected chi connectivity index (χ0v) is 11.9. The Kier molecular flexibility index (Phi) is 5.71. The number of hydrogen-bond acceptors (Lipinski definition) is 2. The molecule has 3 heteroatoms. The number of allylic oxidation sites excluding steroid dienone is 1. The molecule has 0 aliphatic heterocycles. The molecule has 1 unspecified atom stereocenters. The number of hydrogen-bond donors (Lipinski definition) is 1. The van der Waals surface area contributed by atoms with Crippen LogP contribution in [-0.2, 0) is 4.79 Å². The van der Waals surface area contributed by atoms with E-state index in [4.69, 9.17) is 0 Å². The summed E-state index contributed by atoms with van der Waals surface area (Å²) in [4.78, 5) is 15.4. The van der Waals surface area contributed by atoms with E-state index in [-0.39, 0.29) is 0 Å². The summed E-state index contributed by atoms with van der Waals surface area (Å²) in [5.41, 5.74) is 1.94. The molecule has 0 spiro atoms. The van der Waals surface area contributed by atoms with Gasteiger partial charge in [0.1, 0.15) is 0 Å². The highest BCUT2D eigenvalue weighted by atomic mass is 16.4. The normalized spacial score (nSPS) is 12.4. The lowest BCUT2D eigenvalue weighted by atomic mass is 9.93. The number of rotatable bonds is 7. The molecule has 1 atom stereocenters. The molecule has 2 aromatic rings. The molecule has 0 amide bonds. The highest BCUT2D eigenvalue weighted by Crippen LogP contribution is 2.22. The van der Waals surface area contributed by atoms with E-state index in [2.05, 4.69) is 11.1 Å². The van der Waals surface area contributed by atoms with Crippen molar-refractivity contribution in [2.75, 3.05) is 0 Å². The van der Waals surface area contributed by atoms with Gasteiger partial charge in [0.25, 0.3) is 0 Å². The first kappa shape index (κ1) is 15.0. The van der Waals surface area contributed by atoms with Crippen LogP contribution in [-0.4, -0.2) is 16.1 Å². The monoisotopic (exact) mass is 281 g/mol. The standard InChI is InChI=1S/C18H19NO2/c20-18(21)17(16-10-4-2-5-11-16)12-6-1-3-8-15-9-7-13-19-14-15/h2-5,7-11,13-14,17H,1,6,12H2,(H,20,21). The Bertz CT molecular complexity index is 579. The maximum atomic E-state index is 11.4. The van der Waals surface area contributed by atoms with E-state index in [0.717, 1.165) is 24.0 Å². The zero-order chi connectivity index (χ0) is 14.9. The molecule has 0 aliphatic carbocycles. The van der Waals surface area contributed by atoms with Gasteiger partial charge in [0.15, 0.2) is 0 Å². The van der Waals surface area contributed by atoms with Crippen molar-refractivity contribution in [2.24, 2.45) is 0 Å². The number of carboxylic acids is 1. The predicted molar refractivity (Wildman–Crippen MR) is 83.9 cm³/mol. The topological polar surface area (TPSA) is 50.2 Å². The average molecular weight is 281 g/mol. The number of pyridine rings is 1. The molecule has 1 N–H and O–H groups in total. The van der Waals surface area contributed by atoms with Gasteiger partial charge in [-0.1, -0.05) is 48.6 Å². The first-order chi connectivity index (χ1) is 10.3. The fraction of sp³-hybridized carbons (Fsp3) is 0.222. The molecule has 0 saturated carbocycles. The Balaban J connectivity index is 1.83. The lowest BCUT2D eigenvalue weighted by molar-refractivity contribution is -0.139. The van der Waals surface area contributed by atoms with Crippen LogP contribution in [0.1, 0.15) is 36.3 Å².